The summed E-state index contributed by atoms with van der Waals surface area (Å²) in [7, 11) is 1.47. The van der Waals surface area contributed by atoms with Crippen molar-refractivity contribution in [3.8, 4) is 5.75 Å². The Kier molecular flexibility index (Phi) is 3.02. The number of ketones is 1. The van der Waals surface area contributed by atoms with Gasteiger partial charge in [-0.2, -0.15) is 0 Å². The molecule has 1 aromatic carbocycles. The molecule has 0 N–H and O–H groups in total. The molecule has 0 aliphatic rings. The lowest BCUT2D eigenvalue weighted by Gasteiger charge is -2.09. The van der Waals surface area contributed by atoms with Crippen LogP contribution in [0.3, 0.4) is 0 Å². The summed E-state index contributed by atoms with van der Waals surface area (Å²) in [5.41, 5.74) is 1.57. The molecule has 0 heterocycles. The Morgan fingerprint density at radius 1 is 1.43 bits per heavy atom. The molecular weight excluding hydrogens is 180 g/mol. The summed E-state index contributed by atoms with van der Waals surface area (Å²) in [6.07, 6.45) is 0.655. The van der Waals surface area contributed by atoms with Crippen molar-refractivity contribution >= 4 is 12.1 Å². The molecule has 0 atom stereocenters. The van der Waals surface area contributed by atoms with Crippen molar-refractivity contribution in [3.05, 3.63) is 28.8 Å². The second-order valence-electron chi connectivity index (χ2n) is 3.05. The molecule has 74 valence electrons. The van der Waals surface area contributed by atoms with E-state index in [1.165, 1.54) is 14.0 Å². The third-order valence-electron chi connectivity index (χ3n) is 2.10. The van der Waals surface area contributed by atoms with Crippen LogP contribution in [-0.4, -0.2) is 19.2 Å². The van der Waals surface area contributed by atoms with Gasteiger partial charge in [0, 0.05) is 5.56 Å². The van der Waals surface area contributed by atoms with Gasteiger partial charge in [0.1, 0.15) is 5.75 Å². The Balaban J connectivity index is 3.50. The molecule has 14 heavy (non-hydrogen) atoms. The summed E-state index contributed by atoms with van der Waals surface area (Å²) >= 11 is 0. The topological polar surface area (TPSA) is 43.4 Å². The Morgan fingerprint density at radius 3 is 2.50 bits per heavy atom. The van der Waals surface area contributed by atoms with Crippen molar-refractivity contribution in [1.82, 2.24) is 0 Å². The summed E-state index contributed by atoms with van der Waals surface area (Å²) < 4.78 is 5.00. The molecule has 3 nitrogen and oxygen atoms in total. The summed E-state index contributed by atoms with van der Waals surface area (Å²) in [6.45, 7) is 3.23. The van der Waals surface area contributed by atoms with Crippen LogP contribution in [0.25, 0.3) is 0 Å². The molecule has 3 heteroatoms. The first-order valence-corrected chi connectivity index (χ1v) is 4.25. The predicted octanol–water partition coefficient (Wildman–Crippen LogP) is 2.02. The minimum absolute atomic E-state index is 0.122. The maximum Gasteiger partial charge on any atom is 0.160 e. The molecule has 0 radical (unpaired) electrons. The summed E-state index contributed by atoms with van der Waals surface area (Å²) in [5.74, 6) is 0.319. The Bertz CT molecular complexity index is 380. The fraction of sp³-hybridized carbons (Fsp3) is 0.273. The Hall–Kier alpha value is -1.64. The van der Waals surface area contributed by atoms with Gasteiger partial charge in [-0.25, -0.2) is 0 Å². The van der Waals surface area contributed by atoms with Crippen LogP contribution in [0.2, 0.25) is 0 Å². The summed E-state index contributed by atoms with van der Waals surface area (Å²) in [4.78, 5) is 22.1. The average Bonchev–Trinajstić information content (AvgIpc) is 2.16. The van der Waals surface area contributed by atoms with Gasteiger partial charge in [0.2, 0.25) is 0 Å². The highest BCUT2D eigenvalue weighted by Gasteiger charge is 2.14. The Morgan fingerprint density at radius 2 is 2.07 bits per heavy atom. The molecule has 1 aromatic rings. The zero-order valence-corrected chi connectivity index (χ0v) is 8.46. The van der Waals surface area contributed by atoms with Gasteiger partial charge in [0.05, 0.1) is 12.7 Å². The van der Waals surface area contributed by atoms with Crippen molar-refractivity contribution in [1.29, 1.82) is 0 Å². The third kappa shape index (κ3) is 1.66. The minimum Gasteiger partial charge on any atom is -0.496 e. The van der Waals surface area contributed by atoms with Crippen molar-refractivity contribution in [3.63, 3.8) is 0 Å². The van der Waals surface area contributed by atoms with Crippen LogP contribution in [0.1, 0.15) is 33.2 Å². The maximum absolute atomic E-state index is 11.3. The number of aryl methyl sites for hydroxylation is 1. The van der Waals surface area contributed by atoms with Crippen LogP contribution >= 0.6 is 0 Å². The van der Waals surface area contributed by atoms with Crippen LogP contribution in [0.15, 0.2) is 12.1 Å². The predicted molar refractivity (Wildman–Crippen MR) is 53.1 cm³/mol. The number of rotatable bonds is 3. The molecule has 0 spiro atoms. The zero-order chi connectivity index (χ0) is 10.7. The highest BCUT2D eigenvalue weighted by molar-refractivity contribution is 6.04. The maximum atomic E-state index is 11.3. The number of methoxy groups -OCH3 is 1. The van der Waals surface area contributed by atoms with E-state index in [4.69, 9.17) is 4.74 Å². The van der Waals surface area contributed by atoms with Crippen molar-refractivity contribution in [2.24, 2.45) is 0 Å². The van der Waals surface area contributed by atoms with E-state index in [-0.39, 0.29) is 5.78 Å². The molecule has 0 aliphatic carbocycles. The molecule has 0 unspecified atom stereocenters. The van der Waals surface area contributed by atoms with Gasteiger partial charge in [0.25, 0.3) is 0 Å². The molecule has 0 aromatic heterocycles. The largest absolute Gasteiger partial charge is 0.496 e. The number of hydrogen-bond donors (Lipinski definition) is 0. The van der Waals surface area contributed by atoms with E-state index in [0.717, 1.165) is 5.56 Å². The van der Waals surface area contributed by atoms with Crippen LogP contribution in [-0.2, 0) is 0 Å². The van der Waals surface area contributed by atoms with E-state index in [1.54, 1.807) is 19.1 Å². The first-order chi connectivity index (χ1) is 6.61. The van der Waals surface area contributed by atoms with Crippen LogP contribution in [0, 0.1) is 6.92 Å². The number of benzene rings is 1. The van der Waals surface area contributed by atoms with E-state index >= 15 is 0 Å². The smallest absolute Gasteiger partial charge is 0.160 e. The van der Waals surface area contributed by atoms with E-state index in [9.17, 15) is 9.59 Å². The lowest BCUT2D eigenvalue weighted by atomic mass is 9.99. The molecule has 0 fully saturated rings. The second-order valence-corrected chi connectivity index (χ2v) is 3.05. The normalized spacial score (nSPS) is 9.64. The molecule has 0 amide bonds. The number of ether oxygens (including phenoxy) is 1. The molecule has 0 aliphatic heterocycles. The second kappa shape index (κ2) is 4.05. The number of Topliss-reactive ketones (excluding diaryl/α,β-unsaturated/α-hetero) is 1. The van der Waals surface area contributed by atoms with Crippen molar-refractivity contribution < 1.29 is 14.3 Å². The van der Waals surface area contributed by atoms with E-state index in [2.05, 4.69) is 0 Å². The van der Waals surface area contributed by atoms with Crippen LogP contribution < -0.4 is 4.74 Å². The first kappa shape index (κ1) is 10.4. The molecule has 0 saturated heterocycles. The van der Waals surface area contributed by atoms with E-state index < -0.39 is 0 Å². The quantitative estimate of drug-likeness (QED) is 0.543. The van der Waals surface area contributed by atoms with Crippen molar-refractivity contribution in [2.45, 2.75) is 13.8 Å². The van der Waals surface area contributed by atoms with Crippen molar-refractivity contribution in [2.75, 3.05) is 7.11 Å². The summed E-state index contributed by atoms with van der Waals surface area (Å²) in [5, 5.41) is 0. The summed E-state index contributed by atoms with van der Waals surface area (Å²) in [6, 6.07) is 3.45. The number of carbonyl (C=O) groups excluding carboxylic acids is 2. The monoisotopic (exact) mass is 192 g/mol. The highest BCUT2D eigenvalue weighted by Crippen LogP contribution is 2.23. The third-order valence-corrected chi connectivity index (χ3v) is 2.10. The lowest BCUT2D eigenvalue weighted by molar-refractivity contribution is 0.100. The van der Waals surface area contributed by atoms with Gasteiger partial charge in [-0.15, -0.1) is 0 Å². The standard InChI is InChI=1S/C11H12O3/c1-7-4-5-10(14-3)9(6-12)11(7)8(2)13/h4-6H,1-3H3. The number of carbonyl (C=O) groups is 2. The molecule has 1 rings (SSSR count). The highest BCUT2D eigenvalue weighted by atomic mass is 16.5. The fourth-order valence-corrected chi connectivity index (χ4v) is 1.47. The SMILES string of the molecule is COc1ccc(C)c(C(C)=O)c1C=O. The lowest BCUT2D eigenvalue weighted by Crippen LogP contribution is -2.04. The fourth-order valence-electron chi connectivity index (χ4n) is 1.47. The average molecular weight is 192 g/mol. The first-order valence-electron chi connectivity index (χ1n) is 4.25. The molecular formula is C11H12O3. The zero-order valence-electron chi connectivity index (χ0n) is 8.46. The van der Waals surface area contributed by atoms with Gasteiger partial charge in [0.15, 0.2) is 12.1 Å². The number of aldehydes is 1. The molecule has 0 bridgehead atoms. The van der Waals surface area contributed by atoms with E-state index in [1.807, 2.05) is 0 Å². The van der Waals surface area contributed by atoms with Crippen LogP contribution in [0.5, 0.6) is 5.75 Å². The van der Waals surface area contributed by atoms with Gasteiger partial charge >= 0.3 is 0 Å². The molecule has 0 saturated carbocycles. The van der Waals surface area contributed by atoms with Gasteiger partial charge < -0.3 is 4.74 Å². The van der Waals surface area contributed by atoms with Crippen LogP contribution in [0.4, 0.5) is 0 Å². The van der Waals surface area contributed by atoms with E-state index in [0.29, 0.717) is 23.2 Å². The minimum atomic E-state index is -0.122. The Labute approximate surface area is 82.7 Å². The van der Waals surface area contributed by atoms with Gasteiger partial charge in [-0.1, -0.05) is 6.07 Å². The number of hydrogen-bond acceptors (Lipinski definition) is 3. The van der Waals surface area contributed by atoms with Gasteiger partial charge in [-0.3, -0.25) is 9.59 Å². The van der Waals surface area contributed by atoms with Gasteiger partial charge in [-0.05, 0) is 25.5 Å².